The number of aliphatic hydroxyl groups excluding tert-OH is 4. The summed E-state index contributed by atoms with van der Waals surface area (Å²) >= 11 is 0. The summed E-state index contributed by atoms with van der Waals surface area (Å²) in [4.78, 5) is 87.1. The van der Waals surface area contributed by atoms with Crippen molar-refractivity contribution in [3.05, 3.63) is 0 Å². The van der Waals surface area contributed by atoms with Crippen molar-refractivity contribution in [1.82, 2.24) is 36.5 Å². The number of hydrogen-bond donors (Lipinski definition) is 12. The minimum absolute atomic E-state index is 0.00865. The SMILES string of the molecule is CCC[C@](C)(CC)OC1(O)C(NC(C)=O)[C@H](O[C@@H]2C(C(=O)CNCCCCCN(O)C(=O)CCC(=O)NCCCCCN(O)C(=O)CCC(=O)NCCCCN(O)C(C)=O)O[C@@](C)(C(CC)CC)C(O)C2O)OC(CCO)[C@H]1O. The number of ketones is 1. The summed E-state index contributed by atoms with van der Waals surface area (Å²) in [5.41, 5.74) is -2.44. The van der Waals surface area contributed by atoms with Crippen molar-refractivity contribution in [2.45, 2.75) is 237 Å². The molecule has 0 aromatic rings. The van der Waals surface area contributed by atoms with Crippen LogP contribution in [-0.2, 0) is 52.5 Å². The van der Waals surface area contributed by atoms with Crippen LogP contribution in [0.5, 0.6) is 0 Å². The van der Waals surface area contributed by atoms with Crippen LogP contribution < -0.4 is 21.3 Å². The van der Waals surface area contributed by atoms with Gasteiger partial charge in [-0.1, -0.05) is 53.4 Å². The quantitative estimate of drug-likeness (QED) is 0.0177. The molecule has 0 aromatic heterocycles. The van der Waals surface area contributed by atoms with E-state index in [1.807, 2.05) is 27.7 Å². The van der Waals surface area contributed by atoms with Gasteiger partial charge in [-0.25, -0.2) is 15.2 Å². The summed E-state index contributed by atoms with van der Waals surface area (Å²) in [6.07, 6.45) is -5.76. The second kappa shape index (κ2) is 35.7. The van der Waals surface area contributed by atoms with Crippen LogP contribution in [-0.4, -0.2) is 216 Å². The Bertz CT molecular complexity index is 1890. The van der Waals surface area contributed by atoms with E-state index in [-0.39, 0.29) is 76.7 Å². The first-order valence-electron chi connectivity index (χ1n) is 28.3. The van der Waals surface area contributed by atoms with E-state index in [4.69, 9.17) is 18.9 Å². The van der Waals surface area contributed by atoms with Gasteiger partial charge in [-0.05, 0) is 90.5 Å². The van der Waals surface area contributed by atoms with E-state index in [0.29, 0.717) is 112 Å². The van der Waals surface area contributed by atoms with Crippen molar-refractivity contribution in [2.24, 2.45) is 5.92 Å². The topological polar surface area (TPSA) is 376 Å². The first kappa shape index (κ1) is 71.1. The van der Waals surface area contributed by atoms with Gasteiger partial charge in [-0.2, -0.15) is 0 Å². The van der Waals surface area contributed by atoms with Crippen LogP contribution >= 0.6 is 0 Å². The van der Waals surface area contributed by atoms with Crippen LogP contribution in [0.25, 0.3) is 0 Å². The standard InChI is InChI=1S/C53H97N7O19/c1-9-26-51(7,12-4)79-53(72)47(57-35(5)62)50(76-39(25-33-61)48(53)70)77-46-44(69)49(71)52(8,37(10-2)11-3)78-45(46)38(64)34-54-27-15-13-18-31-59(74)42(67)23-21-40(65)55-28-16-14-19-32-60(75)43(68)24-22-41(66)56-29-17-20-30-58(73)36(6)63/h37,39,44-50,54,61,69-75H,9-34H2,1-8H3,(H,55,65)(H,56,66)(H,57,62)/t39?,44?,45?,46-,47?,48+,49?,50-,51-,52-,53?/m0/s1. The molecule has 79 heavy (non-hydrogen) atoms. The number of aliphatic hydroxyl groups is 5. The Balaban J connectivity index is 1.88. The molecule has 458 valence electrons. The van der Waals surface area contributed by atoms with E-state index in [2.05, 4.69) is 21.3 Å². The van der Waals surface area contributed by atoms with Crippen molar-refractivity contribution in [3.8, 4) is 0 Å². The highest BCUT2D eigenvalue weighted by molar-refractivity contribution is 5.86. The zero-order valence-electron chi connectivity index (χ0n) is 48.0. The molecule has 2 saturated heterocycles. The molecule has 11 atom stereocenters. The van der Waals surface area contributed by atoms with Crippen LogP contribution in [0.3, 0.4) is 0 Å². The van der Waals surface area contributed by atoms with Crippen molar-refractivity contribution in [2.75, 3.05) is 52.4 Å². The summed E-state index contributed by atoms with van der Waals surface area (Å²) in [5, 5.41) is 99.9. The molecule has 2 aliphatic heterocycles. The Hall–Kier alpha value is -4.03. The van der Waals surface area contributed by atoms with Gasteiger partial charge in [-0.3, -0.25) is 49.2 Å². The Morgan fingerprint density at radius 3 is 1.73 bits per heavy atom. The molecule has 0 aromatic carbocycles. The van der Waals surface area contributed by atoms with Gasteiger partial charge < -0.3 is 65.7 Å². The van der Waals surface area contributed by atoms with Crippen molar-refractivity contribution in [1.29, 1.82) is 0 Å². The predicted molar refractivity (Wildman–Crippen MR) is 283 cm³/mol. The molecule has 0 saturated carbocycles. The average Bonchev–Trinajstić information content (AvgIpc) is 3.57. The van der Waals surface area contributed by atoms with E-state index >= 15 is 0 Å². The fraction of sp³-hybridized carbons (Fsp3) is 0.868. The number of Topliss-reactive ketones (excluding diaryl/α,β-unsaturated/α-hetero) is 1. The molecule has 6 amide bonds. The number of carbonyl (C=O) groups is 7. The second-order valence-electron chi connectivity index (χ2n) is 21.2. The number of nitrogens with one attached hydrogen (secondary N) is 4. The van der Waals surface area contributed by atoms with Gasteiger partial charge in [-0.15, -0.1) is 0 Å². The van der Waals surface area contributed by atoms with Gasteiger partial charge in [0.15, 0.2) is 12.1 Å². The molecule has 2 aliphatic rings. The molecular formula is C53H97N7O19. The summed E-state index contributed by atoms with van der Waals surface area (Å²) in [6.45, 7) is 13.6. The highest BCUT2D eigenvalue weighted by atomic mass is 16.7. The van der Waals surface area contributed by atoms with Gasteiger partial charge in [0.1, 0.15) is 36.6 Å². The Kier molecular flexibility index (Phi) is 32.2. The van der Waals surface area contributed by atoms with Crippen LogP contribution in [0.4, 0.5) is 0 Å². The lowest BCUT2D eigenvalue weighted by atomic mass is 9.74. The number of amides is 6. The normalized spacial score (nSPS) is 25.7. The lowest BCUT2D eigenvalue weighted by Crippen LogP contribution is -2.75. The third-order valence-corrected chi connectivity index (χ3v) is 14.9. The summed E-state index contributed by atoms with van der Waals surface area (Å²) in [7, 11) is 0. The van der Waals surface area contributed by atoms with Gasteiger partial charge >= 0.3 is 0 Å². The predicted octanol–water partition coefficient (Wildman–Crippen LogP) is 1.08. The minimum atomic E-state index is -2.57. The zero-order chi connectivity index (χ0) is 59.5. The molecular weight excluding hydrogens is 1040 g/mol. The smallest absolute Gasteiger partial charge is 0.246 e. The Morgan fingerprint density at radius 1 is 0.722 bits per heavy atom. The monoisotopic (exact) mass is 1140 g/mol. The van der Waals surface area contributed by atoms with Crippen LogP contribution in [0.1, 0.15) is 171 Å². The van der Waals surface area contributed by atoms with Crippen molar-refractivity contribution >= 4 is 41.2 Å². The van der Waals surface area contributed by atoms with E-state index in [0.717, 1.165) is 0 Å². The fourth-order valence-electron chi connectivity index (χ4n) is 9.96. The third kappa shape index (κ3) is 22.7. The van der Waals surface area contributed by atoms with Gasteiger partial charge in [0, 0.05) is 78.9 Å². The maximum Gasteiger partial charge on any atom is 0.246 e. The van der Waals surface area contributed by atoms with Crippen LogP contribution in [0.15, 0.2) is 0 Å². The van der Waals surface area contributed by atoms with Crippen LogP contribution in [0.2, 0.25) is 0 Å². The summed E-state index contributed by atoms with van der Waals surface area (Å²) < 4.78 is 25.3. The molecule has 0 aliphatic carbocycles. The van der Waals surface area contributed by atoms with E-state index < -0.39 is 108 Å². The van der Waals surface area contributed by atoms with Gasteiger partial charge in [0.05, 0.1) is 23.9 Å². The molecule has 0 spiro atoms. The first-order chi connectivity index (χ1) is 37.3. The molecule has 26 nitrogen and oxygen atoms in total. The first-order valence-corrected chi connectivity index (χ1v) is 28.3. The highest BCUT2D eigenvalue weighted by Gasteiger charge is 2.62. The maximum absolute atomic E-state index is 14.2. The second-order valence-corrected chi connectivity index (χ2v) is 21.2. The Labute approximate surface area is 465 Å². The van der Waals surface area contributed by atoms with Crippen molar-refractivity contribution < 1.29 is 93.7 Å². The molecule has 2 rings (SSSR count). The number of nitrogens with zero attached hydrogens (tertiary/aromatic N) is 3. The summed E-state index contributed by atoms with van der Waals surface area (Å²) in [6, 6.07) is -1.65. The van der Waals surface area contributed by atoms with Gasteiger partial charge in [0.25, 0.3) is 0 Å². The zero-order valence-corrected chi connectivity index (χ0v) is 48.0. The lowest BCUT2D eigenvalue weighted by Gasteiger charge is -2.55. The summed E-state index contributed by atoms with van der Waals surface area (Å²) in [5.74, 6) is -6.61. The molecule has 26 heteroatoms. The Morgan fingerprint density at radius 2 is 1.24 bits per heavy atom. The maximum atomic E-state index is 14.2. The van der Waals surface area contributed by atoms with E-state index in [9.17, 15) is 74.7 Å². The number of ether oxygens (including phenoxy) is 4. The average molecular weight is 1140 g/mol. The number of hydrogen-bond acceptors (Lipinski definition) is 20. The molecule has 12 N–H and O–H groups in total. The third-order valence-electron chi connectivity index (χ3n) is 14.9. The molecule has 2 fully saturated rings. The van der Waals surface area contributed by atoms with E-state index in [1.54, 1.807) is 13.8 Å². The highest BCUT2D eigenvalue weighted by Crippen LogP contribution is 2.43. The van der Waals surface area contributed by atoms with Crippen molar-refractivity contribution in [3.63, 3.8) is 0 Å². The number of hydroxylamine groups is 6. The minimum Gasteiger partial charge on any atom is -0.396 e. The number of carbonyl (C=O) groups excluding carboxylic acids is 7. The molecule has 0 radical (unpaired) electrons. The number of unbranched alkanes of at least 4 members (excludes halogenated alkanes) is 5. The molecule has 6 unspecified atom stereocenters. The van der Waals surface area contributed by atoms with Crippen LogP contribution in [0, 0.1) is 5.92 Å². The van der Waals surface area contributed by atoms with E-state index in [1.165, 1.54) is 13.8 Å². The largest absolute Gasteiger partial charge is 0.396 e. The number of rotatable bonds is 39. The molecule has 0 bridgehead atoms. The fourth-order valence-corrected chi connectivity index (χ4v) is 9.96. The lowest BCUT2D eigenvalue weighted by molar-refractivity contribution is -0.403. The van der Waals surface area contributed by atoms with Gasteiger partial charge in [0.2, 0.25) is 41.2 Å². The molecule has 2 heterocycles.